The van der Waals surface area contributed by atoms with Gasteiger partial charge in [-0.3, -0.25) is 4.79 Å². The van der Waals surface area contributed by atoms with Gasteiger partial charge in [-0.15, -0.1) is 5.10 Å². The quantitative estimate of drug-likeness (QED) is 0.675. The Kier molecular flexibility index (Phi) is 2.85. The second kappa shape index (κ2) is 3.92. The topological polar surface area (TPSA) is 63.1 Å². The average molecular weight is 170 g/mol. The molecule has 0 saturated heterocycles. The summed E-state index contributed by atoms with van der Waals surface area (Å²) in [4.78, 5) is 10.1. The first-order chi connectivity index (χ1) is 5.29. The van der Waals surface area contributed by atoms with Crippen molar-refractivity contribution < 1.29 is 9.90 Å². The van der Waals surface area contributed by atoms with Crippen molar-refractivity contribution in [2.45, 2.75) is 5.03 Å². The average Bonchev–Trinajstić information content (AvgIpc) is 2.03. The number of aliphatic carboxylic acids is 1. The molecule has 0 spiro atoms. The van der Waals surface area contributed by atoms with E-state index in [0.29, 0.717) is 5.03 Å². The highest BCUT2D eigenvalue weighted by Gasteiger charge is 1.99. The van der Waals surface area contributed by atoms with E-state index in [2.05, 4.69) is 10.2 Å². The zero-order valence-corrected chi connectivity index (χ0v) is 6.41. The summed E-state index contributed by atoms with van der Waals surface area (Å²) in [7, 11) is 0. The Bertz CT molecular complexity index is 240. The zero-order chi connectivity index (χ0) is 8.10. The number of aromatic nitrogens is 2. The van der Waals surface area contributed by atoms with Crippen molar-refractivity contribution in [1.82, 2.24) is 10.2 Å². The van der Waals surface area contributed by atoms with E-state index in [9.17, 15) is 4.79 Å². The monoisotopic (exact) mass is 170 g/mol. The lowest BCUT2D eigenvalue weighted by atomic mass is 10.6. The van der Waals surface area contributed by atoms with Crippen LogP contribution in [0.3, 0.4) is 0 Å². The zero-order valence-electron chi connectivity index (χ0n) is 5.60. The van der Waals surface area contributed by atoms with E-state index in [1.807, 2.05) is 0 Å². The minimum atomic E-state index is -0.847. The van der Waals surface area contributed by atoms with Gasteiger partial charge in [-0.2, -0.15) is 5.10 Å². The van der Waals surface area contributed by atoms with Gasteiger partial charge in [0, 0.05) is 6.20 Å². The number of hydrogen-bond donors (Lipinski definition) is 1. The van der Waals surface area contributed by atoms with Crippen LogP contribution in [0.1, 0.15) is 0 Å². The Hall–Kier alpha value is -1.10. The number of thioether (sulfide) groups is 1. The Morgan fingerprint density at radius 2 is 2.55 bits per heavy atom. The lowest BCUT2D eigenvalue weighted by Crippen LogP contribution is -1.98. The number of carboxylic acid groups (broad SMARTS) is 1. The van der Waals surface area contributed by atoms with E-state index < -0.39 is 5.97 Å². The summed E-state index contributed by atoms with van der Waals surface area (Å²) in [5, 5.41) is 16.2. The van der Waals surface area contributed by atoms with E-state index in [0.717, 1.165) is 11.8 Å². The molecule has 0 bridgehead atoms. The fourth-order valence-electron chi connectivity index (χ4n) is 0.500. The van der Waals surface area contributed by atoms with Crippen LogP contribution in [0.25, 0.3) is 0 Å². The Morgan fingerprint density at radius 3 is 3.09 bits per heavy atom. The minimum absolute atomic E-state index is 0.0265. The van der Waals surface area contributed by atoms with Crippen LogP contribution in [0.5, 0.6) is 0 Å². The maximum Gasteiger partial charge on any atom is 0.313 e. The van der Waals surface area contributed by atoms with Crippen LogP contribution < -0.4 is 0 Å². The first kappa shape index (κ1) is 8.00. The van der Waals surface area contributed by atoms with Gasteiger partial charge < -0.3 is 5.11 Å². The van der Waals surface area contributed by atoms with Gasteiger partial charge in [0.05, 0.1) is 5.75 Å². The van der Waals surface area contributed by atoms with E-state index >= 15 is 0 Å². The molecule has 0 aliphatic carbocycles. The summed E-state index contributed by atoms with van der Waals surface area (Å²) < 4.78 is 0. The SMILES string of the molecule is O=C(O)CSc1cccnn1. The van der Waals surface area contributed by atoms with Gasteiger partial charge in [-0.1, -0.05) is 11.8 Å². The molecule has 0 aliphatic heterocycles. The predicted molar refractivity (Wildman–Crippen MR) is 40.4 cm³/mol. The Balaban J connectivity index is 2.45. The van der Waals surface area contributed by atoms with Crippen molar-refractivity contribution in [2.75, 3.05) is 5.75 Å². The molecule has 5 heteroatoms. The molecule has 1 heterocycles. The number of hydrogen-bond acceptors (Lipinski definition) is 4. The standard InChI is InChI=1S/C6H6N2O2S/c9-6(10)4-11-5-2-1-3-7-8-5/h1-3H,4H2,(H,9,10). The number of carboxylic acids is 1. The molecule has 0 unspecified atom stereocenters. The summed E-state index contributed by atoms with van der Waals surface area (Å²) in [6, 6.07) is 3.44. The van der Waals surface area contributed by atoms with Crippen molar-refractivity contribution in [1.29, 1.82) is 0 Å². The molecule has 0 atom stereocenters. The molecule has 11 heavy (non-hydrogen) atoms. The molecule has 0 radical (unpaired) electrons. The van der Waals surface area contributed by atoms with Gasteiger partial charge in [-0.05, 0) is 12.1 Å². The van der Waals surface area contributed by atoms with E-state index in [4.69, 9.17) is 5.11 Å². The molecule has 58 valence electrons. The normalized spacial score (nSPS) is 9.45. The van der Waals surface area contributed by atoms with Crippen LogP contribution in [-0.2, 0) is 4.79 Å². The van der Waals surface area contributed by atoms with Gasteiger partial charge >= 0.3 is 5.97 Å². The largest absolute Gasteiger partial charge is 0.481 e. The molecule has 0 aromatic carbocycles. The maximum absolute atomic E-state index is 10.1. The highest BCUT2D eigenvalue weighted by molar-refractivity contribution is 7.99. The van der Waals surface area contributed by atoms with Crippen LogP contribution in [0.4, 0.5) is 0 Å². The Morgan fingerprint density at radius 1 is 1.73 bits per heavy atom. The fourth-order valence-corrected chi connectivity index (χ4v) is 1.05. The van der Waals surface area contributed by atoms with Gasteiger partial charge in [0.15, 0.2) is 0 Å². The molecule has 4 nitrogen and oxygen atoms in total. The third-order valence-corrected chi connectivity index (χ3v) is 1.80. The van der Waals surface area contributed by atoms with Crippen molar-refractivity contribution >= 4 is 17.7 Å². The summed E-state index contributed by atoms with van der Waals surface area (Å²) in [6.07, 6.45) is 1.55. The summed E-state index contributed by atoms with van der Waals surface area (Å²) in [6.45, 7) is 0. The molecule has 1 aromatic rings. The van der Waals surface area contributed by atoms with Crippen LogP contribution in [-0.4, -0.2) is 27.0 Å². The summed E-state index contributed by atoms with van der Waals surface area (Å²) in [5.74, 6) is -0.820. The first-order valence-electron chi connectivity index (χ1n) is 2.91. The lowest BCUT2D eigenvalue weighted by Gasteiger charge is -1.92. The van der Waals surface area contributed by atoms with Crippen molar-refractivity contribution in [3.8, 4) is 0 Å². The second-order valence-electron chi connectivity index (χ2n) is 1.74. The van der Waals surface area contributed by atoms with E-state index in [1.165, 1.54) is 0 Å². The smallest absolute Gasteiger partial charge is 0.313 e. The van der Waals surface area contributed by atoms with Gasteiger partial charge in [0.25, 0.3) is 0 Å². The van der Waals surface area contributed by atoms with Crippen LogP contribution in [0.15, 0.2) is 23.4 Å². The third-order valence-electron chi connectivity index (χ3n) is 0.891. The van der Waals surface area contributed by atoms with Gasteiger partial charge in [0.1, 0.15) is 5.03 Å². The minimum Gasteiger partial charge on any atom is -0.481 e. The first-order valence-corrected chi connectivity index (χ1v) is 3.90. The fraction of sp³-hybridized carbons (Fsp3) is 0.167. The maximum atomic E-state index is 10.1. The van der Waals surface area contributed by atoms with Crippen molar-refractivity contribution in [3.63, 3.8) is 0 Å². The molecular weight excluding hydrogens is 164 g/mol. The van der Waals surface area contributed by atoms with E-state index in [1.54, 1.807) is 18.3 Å². The highest BCUT2D eigenvalue weighted by Crippen LogP contribution is 2.11. The number of carbonyl (C=O) groups is 1. The third kappa shape index (κ3) is 2.99. The molecular formula is C6H6N2O2S. The van der Waals surface area contributed by atoms with Crippen LogP contribution >= 0.6 is 11.8 Å². The molecule has 0 fully saturated rings. The second-order valence-corrected chi connectivity index (χ2v) is 2.74. The van der Waals surface area contributed by atoms with Crippen LogP contribution in [0.2, 0.25) is 0 Å². The van der Waals surface area contributed by atoms with Gasteiger partial charge in [0.2, 0.25) is 0 Å². The van der Waals surface area contributed by atoms with Crippen LogP contribution in [0, 0.1) is 0 Å². The molecule has 0 aliphatic rings. The predicted octanol–water partition coefficient (Wildman–Crippen LogP) is 0.653. The van der Waals surface area contributed by atoms with Gasteiger partial charge in [-0.25, -0.2) is 0 Å². The molecule has 0 amide bonds. The summed E-state index contributed by atoms with van der Waals surface area (Å²) in [5.41, 5.74) is 0. The lowest BCUT2D eigenvalue weighted by molar-refractivity contribution is -0.133. The Labute approximate surface area is 67.6 Å². The molecule has 0 saturated carbocycles. The molecule has 1 N–H and O–H groups in total. The molecule has 1 rings (SSSR count). The number of nitrogens with zero attached hydrogens (tertiary/aromatic N) is 2. The number of rotatable bonds is 3. The van der Waals surface area contributed by atoms with Crippen molar-refractivity contribution in [3.05, 3.63) is 18.3 Å². The molecule has 1 aromatic heterocycles. The summed E-state index contributed by atoms with van der Waals surface area (Å²) >= 11 is 1.16. The van der Waals surface area contributed by atoms with Crippen molar-refractivity contribution in [2.24, 2.45) is 0 Å². The highest BCUT2D eigenvalue weighted by atomic mass is 32.2. The van der Waals surface area contributed by atoms with E-state index in [-0.39, 0.29) is 5.75 Å².